The first kappa shape index (κ1) is 17.7. The van der Waals surface area contributed by atoms with Gasteiger partial charge in [-0.3, -0.25) is 0 Å². The third kappa shape index (κ3) is 4.41. The van der Waals surface area contributed by atoms with Gasteiger partial charge in [-0.2, -0.15) is 0 Å². The Morgan fingerprint density at radius 1 is 1.35 bits per heavy atom. The number of piperidine rings is 1. The number of carbonyl (C=O) groups is 1. The van der Waals surface area contributed by atoms with E-state index in [9.17, 15) is 18.7 Å². The van der Waals surface area contributed by atoms with E-state index >= 15 is 0 Å². The first-order chi connectivity index (χ1) is 10.7. The molecule has 128 valence electrons. The summed E-state index contributed by atoms with van der Waals surface area (Å²) in [6.07, 6.45) is 0.154. The molecule has 0 saturated carbocycles. The SMILES string of the molecule is CC(C)(C)OC(=O)N1CC[C@H](CO)[C@@H](c2ccc(F)c(F)c2)C1. The first-order valence-electron chi connectivity index (χ1n) is 7.75. The number of aliphatic hydroxyl groups is 1. The number of aliphatic hydroxyl groups excluding tert-OH is 1. The van der Waals surface area contributed by atoms with Crippen molar-refractivity contribution in [1.82, 2.24) is 4.90 Å². The zero-order chi connectivity index (χ0) is 17.2. The predicted octanol–water partition coefficient (Wildman–Crippen LogP) is 3.30. The third-order valence-electron chi connectivity index (χ3n) is 4.01. The Bertz CT molecular complexity index is 571. The third-order valence-corrected chi connectivity index (χ3v) is 4.01. The van der Waals surface area contributed by atoms with E-state index in [1.165, 1.54) is 6.07 Å². The van der Waals surface area contributed by atoms with Crippen molar-refractivity contribution in [2.45, 2.75) is 38.7 Å². The molecule has 2 atom stereocenters. The van der Waals surface area contributed by atoms with Crippen LogP contribution in [0.4, 0.5) is 13.6 Å². The molecule has 1 fully saturated rings. The van der Waals surface area contributed by atoms with Crippen LogP contribution in [0.3, 0.4) is 0 Å². The highest BCUT2D eigenvalue weighted by molar-refractivity contribution is 5.68. The number of halogens is 2. The van der Waals surface area contributed by atoms with Crippen molar-refractivity contribution in [2.75, 3.05) is 19.7 Å². The molecule has 1 saturated heterocycles. The van der Waals surface area contributed by atoms with Gasteiger partial charge in [0.2, 0.25) is 0 Å². The molecule has 0 aromatic heterocycles. The molecular weight excluding hydrogens is 304 g/mol. The molecule has 1 amide bonds. The summed E-state index contributed by atoms with van der Waals surface area (Å²) in [5, 5.41) is 9.56. The van der Waals surface area contributed by atoms with Crippen LogP contribution in [0.15, 0.2) is 18.2 Å². The minimum Gasteiger partial charge on any atom is -0.444 e. The van der Waals surface area contributed by atoms with Crippen LogP contribution in [0, 0.1) is 17.6 Å². The summed E-state index contributed by atoms with van der Waals surface area (Å²) >= 11 is 0. The van der Waals surface area contributed by atoms with Crippen LogP contribution in [0.5, 0.6) is 0 Å². The lowest BCUT2D eigenvalue weighted by molar-refractivity contribution is 0.0122. The molecule has 4 nitrogen and oxygen atoms in total. The van der Waals surface area contributed by atoms with E-state index in [1.54, 1.807) is 25.7 Å². The number of hydrogen-bond donors (Lipinski definition) is 1. The minimum absolute atomic E-state index is 0.0637. The summed E-state index contributed by atoms with van der Waals surface area (Å²) in [6.45, 7) is 6.09. The van der Waals surface area contributed by atoms with E-state index in [0.29, 0.717) is 25.1 Å². The second-order valence-corrected chi connectivity index (χ2v) is 6.94. The lowest BCUT2D eigenvalue weighted by Gasteiger charge is -2.38. The zero-order valence-electron chi connectivity index (χ0n) is 13.7. The van der Waals surface area contributed by atoms with Gasteiger partial charge in [0, 0.05) is 25.6 Å². The molecule has 1 aliphatic heterocycles. The zero-order valence-corrected chi connectivity index (χ0v) is 13.7. The smallest absolute Gasteiger partial charge is 0.410 e. The maximum Gasteiger partial charge on any atom is 0.410 e. The molecule has 1 aromatic rings. The molecule has 1 heterocycles. The van der Waals surface area contributed by atoms with Gasteiger partial charge in [-0.25, -0.2) is 13.6 Å². The van der Waals surface area contributed by atoms with Crippen LogP contribution in [-0.4, -0.2) is 41.4 Å². The second kappa shape index (κ2) is 6.83. The molecule has 23 heavy (non-hydrogen) atoms. The molecule has 0 unspecified atom stereocenters. The summed E-state index contributed by atoms with van der Waals surface area (Å²) in [6, 6.07) is 3.72. The highest BCUT2D eigenvalue weighted by Gasteiger charge is 2.34. The molecule has 1 aromatic carbocycles. The van der Waals surface area contributed by atoms with Crippen LogP contribution in [0.2, 0.25) is 0 Å². The fraction of sp³-hybridized carbons (Fsp3) is 0.588. The van der Waals surface area contributed by atoms with Crippen molar-refractivity contribution in [3.8, 4) is 0 Å². The lowest BCUT2D eigenvalue weighted by Crippen LogP contribution is -2.45. The number of rotatable bonds is 2. The molecule has 0 aliphatic carbocycles. The molecule has 1 N–H and O–H groups in total. The highest BCUT2D eigenvalue weighted by atomic mass is 19.2. The van der Waals surface area contributed by atoms with E-state index in [-0.39, 0.29) is 18.4 Å². The molecular formula is C17H23F2NO3. The van der Waals surface area contributed by atoms with Gasteiger partial charge in [0.1, 0.15) is 5.60 Å². The minimum atomic E-state index is -0.923. The number of amides is 1. The molecule has 0 spiro atoms. The lowest BCUT2D eigenvalue weighted by atomic mass is 9.81. The number of ether oxygens (including phenoxy) is 1. The summed E-state index contributed by atoms with van der Waals surface area (Å²) in [4.78, 5) is 13.8. The number of benzene rings is 1. The van der Waals surface area contributed by atoms with Gasteiger partial charge in [0.25, 0.3) is 0 Å². The van der Waals surface area contributed by atoms with E-state index < -0.39 is 23.3 Å². The van der Waals surface area contributed by atoms with Crippen molar-refractivity contribution in [3.63, 3.8) is 0 Å². The average Bonchev–Trinajstić information content (AvgIpc) is 2.47. The Morgan fingerprint density at radius 2 is 2.04 bits per heavy atom. The van der Waals surface area contributed by atoms with Crippen LogP contribution in [-0.2, 0) is 4.74 Å². The van der Waals surface area contributed by atoms with Crippen molar-refractivity contribution < 1.29 is 23.4 Å². The topological polar surface area (TPSA) is 49.8 Å². The fourth-order valence-corrected chi connectivity index (χ4v) is 2.83. The number of nitrogens with zero attached hydrogens (tertiary/aromatic N) is 1. The maximum absolute atomic E-state index is 13.5. The van der Waals surface area contributed by atoms with Gasteiger partial charge < -0.3 is 14.7 Å². The van der Waals surface area contributed by atoms with E-state index in [1.807, 2.05) is 0 Å². The number of hydrogen-bond acceptors (Lipinski definition) is 3. The van der Waals surface area contributed by atoms with Crippen molar-refractivity contribution in [3.05, 3.63) is 35.4 Å². The van der Waals surface area contributed by atoms with Gasteiger partial charge in [0.05, 0.1) is 0 Å². The Morgan fingerprint density at radius 3 is 2.61 bits per heavy atom. The number of likely N-dealkylation sites (tertiary alicyclic amines) is 1. The molecule has 2 rings (SSSR count). The standard InChI is InChI=1S/C17H23F2NO3/c1-17(2,3)23-16(22)20-7-6-12(10-21)13(9-20)11-4-5-14(18)15(19)8-11/h4-5,8,12-13,21H,6-7,9-10H2,1-3H3/t12-,13-/m1/s1. The maximum atomic E-state index is 13.5. The van der Waals surface area contributed by atoms with Crippen LogP contribution in [0.25, 0.3) is 0 Å². The van der Waals surface area contributed by atoms with Gasteiger partial charge in [-0.05, 0) is 50.8 Å². The van der Waals surface area contributed by atoms with Crippen molar-refractivity contribution >= 4 is 6.09 Å². The summed E-state index contributed by atoms with van der Waals surface area (Å²) < 4.78 is 32.0. The summed E-state index contributed by atoms with van der Waals surface area (Å²) in [7, 11) is 0. The van der Waals surface area contributed by atoms with Crippen LogP contribution < -0.4 is 0 Å². The molecule has 0 radical (unpaired) electrons. The Balaban J connectivity index is 2.18. The molecule has 6 heteroatoms. The summed E-state index contributed by atoms with van der Waals surface area (Å²) in [5.41, 5.74) is -0.0150. The first-order valence-corrected chi connectivity index (χ1v) is 7.75. The second-order valence-electron chi connectivity index (χ2n) is 6.94. The molecule has 1 aliphatic rings. The van der Waals surface area contributed by atoms with Crippen molar-refractivity contribution in [2.24, 2.45) is 5.92 Å². The quantitative estimate of drug-likeness (QED) is 0.907. The monoisotopic (exact) mass is 327 g/mol. The average molecular weight is 327 g/mol. The highest BCUT2D eigenvalue weighted by Crippen LogP contribution is 2.33. The Kier molecular flexibility index (Phi) is 5.24. The van der Waals surface area contributed by atoms with E-state index in [0.717, 1.165) is 12.1 Å². The fourth-order valence-electron chi connectivity index (χ4n) is 2.83. The largest absolute Gasteiger partial charge is 0.444 e. The van der Waals surface area contributed by atoms with Gasteiger partial charge in [-0.1, -0.05) is 6.07 Å². The summed E-state index contributed by atoms with van der Waals surface area (Å²) in [5.74, 6) is -2.18. The van der Waals surface area contributed by atoms with Gasteiger partial charge >= 0.3 is 6.09 Å². The Labute approximate surface area is 135 Å². The van der Waals surface area contributed by atoms with Crippen LogP contribution in [0.1, 0.15) is 38.7 Å². The number of carbonyl (C=O) groups excluding carboxylic acids is 1. The molecule has 0 bridgehead atoms. The van der Waals surface area contributed by atoms with Gasteiger partial charge in [-0.15, -0.1) is 0 Å². The predicted molar refractivity (Wildman–Crippen MR) is 82.1 cm³/mol. The van der Waals surface area contributed by atoms with E-state index in [2.05, 4.69) is 0 Å². The Hall–Kier alpha value is -1.69. The van der Waals surface area contributed by atoms with Gasteiger partial charge in [0.15, 0.2) is 11.6 Å². The normalized spacial score (nSPS) is 22.1. The van der Waals surface area contributed by atoms with Crippen LogP contribution >= 0.6 is 0 Å². The van der Waals surface area contributed by atoms with Crippen molar-refractivity contribution in [1.29, 1.82) is 0 Å². The van der Waals surface area contributed by atoms with E-state index in [4.69, 9.17) is 4.74 Å².